The Hall–Kier alpha value is -1.00. The first-order valence-corrected chi connectivity index (χ1v) is 5.87. The lowest BCUT2D eigenvalue weighted by atomic mass is 9.87. The molecule has 4 heteroatoms. The van der Waals surface area contributed by atoms with E-state index in [2.05, 4.69) is 14.9 Å². The summed E-state index contributed by atoms with van der Waals surface area (Å²) in [6.45, 7) is 1.59. The molecule has 0 aromatic carbocycles. The number of hydrogen-bond donors (Lipinski definition) is 1. The molecule has 1 aromatic rings. The average molecular weight is 220 g/mol. The molecule has 0 fully saturated rings. The van der Waals surface area contributed by atoms with Crippen LogP contribution >= 0.6 is 0 Å². The van der Waals surface area contributed by atoms with Gasteiger partial charge in [0.25, 0.3) is 0 Å². The Balaban J connectivity index is 2.15. The monoisotopic (exact) mass is 220 g/mol. The molecule has 1 aromatic heterocycles. The van der Waals surface area contributed by atoms with E-state index < -0.39 is 0 Å². The van der Waals surface area contributed by atoms with Crippen LogP contribution in [0, 0.1) is 5.92 Å². The Bertz CT molecular complexity index is 362. The van der Waals surface area contributed by atoms with Gasteiger partial charge < -0.3 is 10.6 Å². The fourth-order valence-corrected chi connectivity index (χ4v) is 2.18. The fourth-order valence-electron chi connectivity index (χ4n) is 2.18. The van der Waals surface area contributed by atoms with Crippen molar-refractivity contribution in [3.63, 3.8) is 0 Å². The minimum atomic E-state index is 0.621. The lowest BCUT2D eigenvalue weighted by molar-refractivity contribution is 0.386. The summed E-state index contributed by atoms with van der Waals surface area (Å²) in [6.07, 6.45) is 5.26. The molecule has 0 spiro atoms. The molecule has 4 nitrogen and oxygen atoms in total. The minimum Gasteiger partial charge on any atom is -0.330 e. The molecule has 0 bridgehead atoms. The lowest BCUT2D eigenvalue weighted by Gasteiger charge is -2.22. The second-order valence-corrected chi connectivity index (χ2v) is 4.84. The van der Waals surface area contributed by atoms with Crippen LogP contribution in [-0.2, 0) is 19.4 Å². The normalized spacial score (nSPS) is 19.9. The molecule has 1 aliphatic rings. The van der Waals surface area contributed by atoms with Gasteiger partial charge in [-0.25, -0.2) is 9.97 Å². The quantitative estimate of drug-likeness (QED) is 0.810. The highest BCUT2D eigenvalue weighted by atomic mass is 15.1. The van der Waals surface area contributed by atoms with Gasteiger partial charge in [-0.1, -0.05) is 0 Å². The molecule has 2 rings (SSSR count). The Kier molecular flexibility index (Phi) is 3.51. The molecule has 88 valence electrons. The third kappa shape index (κ3) is 2.57. The van der Waals surface area contributed by atoms with Crippen LogP contribution in [0.25, 0.3) is 0 Å². The second-order valence-electron chi connectivity index (χ2n) is 4.84. The number of hydrogen-bond acceptors (Lipinski definition) is 4. The Morgan fingerprint density at radius 1 is 1.50 bits per heavy atom. The Morgan fingerprint density at radius 3 is 3.00 bits per heavy atom. The van der Waals surface area contributed by atoms with Crippen molar-refractivity contribution in [3.8, 4) is 0 Å². The van der Waals surface area contributed by atoms with E-state index in [0.29, 0.717) is 5.92 Å². The van der Waals surface area contributed by atoms with E-state index in [1.807, 2.05) is 20.3 Å². The number of fused-ring (bicyclic) bond motifs is 1. The van der Waals surface area contributed by atoms with Crippen molar-refractivity contribution in [2.24, 2.45) is 11.7 Å². The molecule has 0 amide bonds. The third-order valence-corrected chi connectivity index (χ3v) is 3.09. The summed E-state index contributed by atoms with van der Waals surface area (Å²) in [5.74, 6) is 1.55. The van der Waals surface area contributed by atoms with E-state index in [1.165, 1.54) is 17.7 Å². The van der Waals surface area contributed by atoms with Gasteiger partial charge in [-0.3, -0.25) is 0 Å². The number of nitrogens with zero attached hydrogens (tertiary/aromatic N) is 3. The summed E-state index contributed by atoms with van der Waals surface area (Å²) in [4.78, 5) is 11.1. The van der Waals surface area contributed by atoms with Gasteiger partial charge in [0, 0.05) is 11.9 Å². The van der Waals surface area contributed by atoms with E-state index in [4.69, 9.17) is 5.73 Å². The van der Waals surface area contributed by atoms with Crippen LogP contribution in [0.2, 0.25) is 0 Å². The summed E-state index contributed by atoms with van der Waals surface area (Å²) in [5, 5.41) is 0. The smallest absolute Gasteiger partial charge is 0.142 e. The Morgan fingerprint density at radius 2 is 2.31 bits per heavy atom. The van der Waals surface area contributed by atoms with Gasteiger partial charge in [-0.2, -0.15) is 0 Å². The van der Waals surface area contributed by atoms with E-state index in [-0.39, 0.29) is 0 Å². The number of rotatable bonds is 3. The molecule has 2 N–H and O–H groups in total. The van der Waals surface area contributed by atoms with Gasteiger partial charge in [0.15, 0.2) is 0 Å². The van der Waals surface area contributed by atoms with Gasteiger partial charge in [-0.05, 0) is 51.4 Å². The highest BCUT2D eigenvalue weighted by Gasteiger charge is 2.19. The van der Waals surface area contributed by atoms with Crippen LogP contribution in [0.15, 0.2) is 6.20 Å². The first-order chi connectivity index (χ1) is 7.69. The topological polar surface area (TPSA) is 55.0 Å². The van der Waals surface area contributed by atoms with E-state index >= 15 is 0 Å². The van der Waals surface area contributed by atoms with Crippen molar-refractivity contribution in [2.75, 3.05) is 20.6 Å². The molecule has 16 heavy (non-hydrogen) atoms. The lowest BCUT2D eigenvalue weighted by Crippen LogP contribution is -2.24. The molecule has 1 unspecified atom stereocenters. The molecular weight excluding hydrogens is 200 g/mol. The summed E-state index contributed by atoms with van der Waals surface area (Å²) in [6, 6.07) is 0. The van der Waals surface area contributed by atoms with Gasteiger partial charge >= 0.3 is 0 Å². The maximum atomic E-state index is 5.71. The SMILES string of the molecule is CN(C)Cc1ncc2c(n1)CCC(CN)C2. The maximum Gasteiger partial charge on any atom is 0.142 e. The molecule has 0 aliphatic heterocycles. The highest BCUT2D eigenvalue weighted by Crippen LogP contribution is 2.22. The standard InChI is InChI=1S/C12H20N4/c1-16(2)8-12-14-7-10-5-9(6-13)3-4-11(10)15-12/h7,9H,3-6,8,13H2,1-2H3. The fraction of sp³-hybridized carbons (Fsp3) is 0.667. The summed E-state index contributed by atoms with van der Waals surface area (Å²) in [7, 11) is 4.07. The first-order valence-electron chi connectivity index (χ1n) is 5.87. The van der Waals surface area contributed by atoms with Crippen molar-refractivity contribution < 1.29 is 0 Å². The predicted octanol–water partition coefficient (Wildman–Crippen LogP) is 0.602. The molecule has 1 atom stereocenters. The largest absolute Gasteiger partial charge is 0.330 e. The van der Waals surface area contributed by atoms with Crippen LogP contribution in [0.4, 0.5) is 0 Å². The first kappa shape index (κ1) is 11.5. The zero-order chi connectivity index (χ0) is 11.5. The summed E-state index contributed by atoms with van der Waals surface area (Å²) < 4.78 is 0. The summed E-state index contributed by atoms with van der Waals surface area (Å²) in [5.41, 5.74) is 8.24. The van der Waals surface area contributed by atoms with E-state index in [0.717, 1.165) is 31.8 Å². The second kappa shape index (κ2) is 4.89. The Labute approximate surface area is 96.9 Å². The van der Waals surface area contributed by atoms with Gasteiger partial charge in [0.2, 0.25) is 0 Å². The highest BCUT2D eigenvalue weighted by molar-refractivity contribution is 5.21. The number of nitrogens with two attached hydrogens (primary N) is 1. The van der Waals surface area contributed by atoms with Crippen molar-refractivity contribution in [1.82, 2.24) is 14.9 Å². The molecule has 0 saturated carbocycles. The van der Waals surface area contributed by atoms with Crippen molar-refractivity contribution >= 4 is 0 Å². The molecule has 0 saturated heterocycles. The zero-order valence-electron chi connectivity index (χ0n) is 10.1. The van der Waals surface area contributed by atoms with Gasteiger partial charge in [0.1, 0.15) is 5.82 Å². The minimum absolute atomic E-state index is 0.621. The van der Waals surface area contributed by atoms with Crippen molar-refractivity contribution in [1.29, 1.82) is 0 Å². The average Bonchev–Trinajstić information content (AvgIpc) is 2.27. The third-order valence-electron chi connectivity index (χ3n) is 3.09. The van der Waals surface area contributed by atoms with Crippen LogP contribution < -0.4 is 5.73 Å². The number of aryl methyl sites for hydroxylation is 1. The van der Waals surface area contributed by atoms with Crippen molar-refractivity contribution in [3.05, 3.63) is 23.3 Å². The molecular formula is C12H20N4. The number of aromatic nitrogens is 2. The van der Waals surface area contributed by atoms with Gasteiger partial charge in [-0.15, -0.1) is 0 Å². The molecule has 0 radical (unpaired) electrons. The van der Waals surface area contributed by atoms with E-state index in [9.17, 15) is 0 Å². The van der Waals surface area contributed by atoms with Crippen molar-refractivity contribution in [2.45, 2.75) is 25.8 Å². The maximum absolute atomic E-state index is 5.71. The molecule has 1 aliphatic carbocycles. The summed E-state index contributed by atoms with van der Waals surface area (Å²) >= 11 is 0. The zero-order valence-corrected chi connectivity index (χ0v) is 10.1. The van der Waals surface area contributed by atoms with Crippen LogP contribution in [0.1, 0.15) is 23.5 Å². The van der Waals surface area contributed by atoms with E-state index in [1.54, 1.807) is 0 Å². The van der Waals surface area contributed by atoms with Crippen LogP contribution in [0.3, 0.4) is 0 Å². The van der Waals surface area contributed by atoms with Crippen LogP contribution in [-0.4, -0.2) is 35.5 Å². The predicted molar refractivity (Wildman–Crippen MR) is 64.0 cm³/mol. The van der Waals surface area contributed by atoms with Gasteiger partial charge in [0.05, 0.1) is 6.54 Å². The van der Waals surface area contributed by atoms with Crippen LogP contribution in [0.5, 0.6) is 0 Å². The molecule has 1 heterocycles.